The zero-order valence-corrected chi connectivity index (χ0v) is 13.8. The molecule has 0 saturated heterocycles. The molecule has 0 aliphatic carbocycles. The van der Waals surface area contributed by atoms with E-state index in [0.29, 0.717) is 36.5 Å². The van der Waals surface area contributed by atoms with Gasteiger partial charge in [0.15, 0.2) is 0 Å². The number of rotatable bonds is 7. The minimum atomic E-state index is -0.407. The summed E-state index contributed by atoms with van der Waals surface area (Å²) in [6, 6.07) is 7.43. The lowest BCUT2D eigenvalue weighted by Gasteiger charge is -2.29. The predicted octanol–water partition coefficient (Wildman–Crippen LogP) is 1.55. The number of aliphatic hydroxyl groups is 1. The third-order valence-electron chi connectivity index (χ3n) is 4.09. The van der Waals surface area contributed by atoms with Crippen LogP contribution in [0.3, 0.4) is 0 Å². The third-order valence-corrected chi connectivity index (χ3v) is 4.09. The summed E-state index contributed by atoms with van der Waals surface area (Å²) in [5.74, 6) is 0.513. The number of hydrogen-bond donors (Lipinski definition) is 3. The highest BCUT2D eigenvalue weighted by atomic mass is 16.5. The lowest BCUT2D eigenvalue weighted by molar-refractivity contribution is 0.0965. The first-order valence-corrected chi connectivity index (χ1v) is 7.81. The maximum Gasteiger partial charge on any atom is 0.294 e. The summed E-state index contributed by atoms with van der Waals surface area (Å²) in [4.78, 5) is 19.5. The van der Waals surface area contributed by atoms with Crippen LogP contribution in [0.15, 0.2) is 33.5 Å². The highest BCUT2D eigenvalue weighted by Crippen LogP contribution is 2.24. The second kappa shape index (κ2) is 6.72. The van der Waals surface area contributed by atoms with Crippen LogP contribution >= 0.6 is 0 Å². The lowest BCUT2D eigenvalue weighted by atomic mass is 9.99. The highest BCUT2D eigenvalue weighted by molar-refractivity contribution is 6.01. The van der Waals surface area contributed by atoms with Crippen molar-refractivity contribution in [1.29, 1.82) is 0 Å². The van der Waals surface area contributed by atoms with Gasteiger partial charge in [-0.05, 0) is 25.5 Å². The Morgan fingerprint density at radius 3 is 2.96 bits per heavy atom. The molecule has 128 valence electrons. The fourth-order valence-corrected chi connectivity index (χ4v) is 2.81. The van der Waals surface area contributed by atoms with Crippen LogP contribution in [0, 0.1) is 0 Å². The maximum atomic E-state index is 12.3. The molecule has 3 aromatic rings. The van der Waals surface area contributed by atoms with Gasteiger partial charge >= 0.3 is 0 Å². The molecule has 2 heterocycles. The normalized spacial score (nSPS) is 14.3. The van der Waals surface area contributed by atoms with Crippen molar-refractivity contribution in [3.05, 3.63) is 40.4 Å². The third kappa shape index (κ3) is 3.19. The number of furan rings is 1. The second-order valence-corrected chi connectivity index (χ2v) is 6.11. The van der Waals surface area contributed by atoms with Gasteiger partial charge in [0, 0.05) is 24.6 Å². The van der Waals surface area contributed by atoms with Gasteiger partial charge in [-0.2, -0.15) is 0 Å². The molecule has 7 heteroatoms. The number of methoxy groups -OCH3 is 1. The van der Waals surface area contributed by atoms with Crippen molar-refractivity contribution in [2.75, 3.05) is 20.3 Å². The van der Waals surface area contributed by atoms with Crippen LogP contribution in [0.4, 0.5) is 0 Å². The van der Waals surface area contributed by atoms with Crippen molar-refractivity contribution < 1.29 is 14.3 Å². The molecule has 0 aliphatic rings. The summed E-state index contributed by atoms with van der Waals surface area (Å²) >= 11 is 0. The number of para-hydroxylation sites is 1. The molecule has 0 amide bonds. The average molecular weight is 331 g/mol. The number of nitrogens with one attached hydrogen (secondary N) is 2. The summed E-state index contributed by atoms with van der Waals surface area (Å²) in [5.41, 5.74) is 0.718. The molecule has 1 unspecified atom stereocenters. The van der Waals surface area contributed by atoms with Crippen LogP contribution < -0.4 is 10.9 Å². The van der Waals surface area contributed by atoms with Gasteiger partial charge in [0.2, 0.25) is 5.58 Å². The minimum absolute atomic E-state index is 0.0439. The number of nitrogens with zero attached hydrogens (tertiary/aromatic N) is 1. The number of aromatic amines is 1. The Labute approximate surface area is 138 Å². The smallest absolute Gasteiger partial charge is 0.294 e. The van der Waals surface area contributed by atoms with Crippen LogP contribution in [0.2, 0.25) is 0 Å². The molecule has 1 atom stereocenters. The van der Waals surface area contributed by atoms with E-state index in [1.807, 2.05) is 31.2 Å². The van der Waals surface area contributed by atoms with Crippen LogP contribution in [-0.2, 0) is 11.3 Å². The Morgan fingerprint density at radius 2 is 2.21 bits per heavy atom. The van der Waals surface area contributed by atoms with E-state index in [0.717, 1.165) is 5.39 Å². The van der Waals surface area contributed by atoms with Crippen molar-refractivity contribution in [1.82, 2.24) is 15.3 Å². The number of aromatic nitrogens is 2. The molecule has 1 aromatic carbocycles. The number of fused-ring (bicyclic) bond motifs is 3. The van der Waals surface area contributed by atoms with E-state index in [1.54, 1.807) is 7.11 Å². The number of aliphatic hydroxyl groups excluding tert-OH is 1. The van der Waals surface area contributed by atoms with Crippen molar-refractivity contribution in [2.45, 2.75) is 25.4 Å². The molecule has 24 heavy (non-hydrogen) atoms. The Morgan fingerprint density at radius 1 is 1.42 bits per heavy atom. The molecular formula is C17H21N3O4. The largest absolute Gasteiger partial charge is 0.449 e. The first-order valence-electron chi connectivity index (χ1n) is 7.81. The quantitative estimate of drug-likeness (QED) is 0.607. The summed E-state index contributed by atoms with van der Waals surface area (Å²) in [5, 5.41) is 13.3. The summed E-state index contributed by atoms with van der Waals surface area (Å²) in [7, 11) is 1.61. The summed E-state index contributed by atoms with van der Waals surface area (Å²) in [6.07, 6.45) is 0.530. The monoisotopic (exact) mass is 331 g/mol. The van der Waals surface area contributed by atoms with Crippen molar-refractivity contribution in [3.8, 4) is 0 Å². The number of ether oxygens (including phenoxy) is 1. The molecule has 0 saturated carbocycles. The van der Waals surface area contributed by atoms with Crippen LogP contribution in [0.5, 0.6) is 0 Å². The van der Waals surface area contributed by atoms with E-state index in [4.69, 9.17) is 9.15 Å². The van der Waals surface area contributed by atoms with Gasteiger partial charge in [0.1, 0.15) is 16.9 Å². The highest BCUT2D eigenvalue weighted by Gasteiger charge is 2.23. The van der Waals surface area contributed by atoms with Crippen molar-refractivity contribution in [3.63, 3.8) is 0 Å². The van der Waals surface area contributed by atoms with Crippen molar-refractivity contribution >= 4 is 22.1 Å². The van der Waals surface area contributed by atoms with E-state index in [-0.39, 0.29) is 17.7 Å². The predicted molar refractivity (Wildman–Crippen MR) is 91.0 cm³/mol. The van der Waals surface area contributed by atoms with Crippen LogP contribution in [0.1, 0.15) is 19.2 Å². The lowest BCUT2D eigenvalue weighted by Crippen LogP contribution is -2.47. The number of H-pyrrole nitrogens is 1. The molecule has 3 N–H and O–H groups in total. The minimum Gasteiger partial charge on any atom is -0.449 e. The Balaban J connectivity index is 1.92. The van der Waals surface area contributed by atoms with E-state index < -0.39 is 5.54 Å². The fraction of sp³-hybridized carbons (Fsp3) is 0.412. The van der Waals surface area contributed by atoms with Crippen molar-refractivity contribution in [2.24, 2.45) is 0 Å². The van der Waals surface area contributed by atoms with Gasteiger partial charge in [-0.1, -0.05) is 12.1 Å². The Kier molecular flexibility index (Phi) is 4.66. The van der Waals surface area contributed by atoms with E-state index in [9.17, 15) is 9.90 Å². The first-order chi connectivity index (χ1) is 11.6. The van der Waals surface area contributed by atoms with Gasteiger partial charge in [0.05, 0.1) is 13.2 Å². The molecule has 3 rings (SSSR count). The van der Waals surface area contributed by atoms with Gasteiger partial charge in [-0.3, -0.25) is 4.79 Å². The Hall–Kier alpha value is -2.22. The fourth-order valence-electron chi connectivity index (χ4n) is 2.81. The number of hydrogen-bond acceptors (Lipinski definition) is 6. The van der Waals surface area contributed by atoms with E-state index in [1.165, 1.54) is 0 Å². The summed E-state index contributed by atoms with van der Waals surface area (Å²) < 4.78 is 10.8. The van der Waals surface area contributed by atoms with Gasteiger partial charge in [-0.25, -0.2) is 4.98 Å². The van der Waals surface area contributed by atoms with Crippen LogP contribution in [-0.4, -0.2) is 40.9 Å². The van der Waals surface area contributed by atoms with Gasteiger partial charge in [-0.15, -0.1) is 0 Å². The zero-order chi connectivity index (χ0) is 17.2. The summed E-state index contributed by atoms with van der Waals surface area (Å²) in [6.45, 7) is 2.79. The molecule has 0 spiro atoms. The molecule has 2 aromatic heterocycles. The second-order valence-electron chi connectivity index (χ2n) is 6.11. The molecule has 0 fully saturated rings. The average Bonchev–Trinajstić information content (AvgIpc) is 2.93. The van der Waals surface area contributed by atoms with E-state index in [2.05, 4.69) is 15.3 Å². The number of benzene rings is 1. The Bertz CT molecular complexity index is 894. The molecule has 0 bridgehead atoms. The molecule has 0 radical (unpaired) electrons. The zero-order valence-electron chi connectivity index (χ0n) is 13.8. The van der Waals surface area contributed by atoms with Gasteiger partial charge < -0.3 is 24.6 Å². The molecular weight excluding hydrogens is 310 g/mol. The van der Waals surface area contributed by atoms with Crippen LogP contribution in [0.25, 0.3) is 22.1 Å². The SMILES string of the molecule is COCC(C)(CCO)NCc1nc2c(oc3ccccc32)c(=O)[nH]1. The first kappa shape index (κ1) is 16.6. The van der Waals surface area contributed by atoms with Gasteiger partial charge in [0.25, 0.3) is 5.56 Å². The standard InChI is InChI=1S/C17H21N3O4/c1-17(7-8-21,10-23-2)18-9-13-19-14-11-5-3-4-6-12(11)24-15(14)16(22)20-13/h3-6,18,21H,7-10H2,1-2H3,(H,19,20,22). The topological polar surface area (TPSA) is 100 Å². The maximum absolute atomic E-state index is 12.3. The molecule has 7 nitrogen and oxygen atoms in total. The molecule has 0 aliphatic heterocycles. The van der Waals surface area contributed by atoms with E-state index >= 15 is 0 Å².